The molecule has 2 bridgehead atoms. The van der Waals surface area contributed by atoms with Crippen LogP contribution < -0.4 is 5.32 Å². The molecule has 0 spiro atoms. The van der Waals surface area contributed by atoms with Crippen molar-refractivity contribution >= 4 is 5.96 Å². The van der Waals surface area contributed by atoms with E-state index in [0.29, 0.717) is 5.92 Å². The molecule has 136 valence electrons. The van der Waals surface area contributed by atoms with E-state index in [1.165, 1.54) is 38.8 Å². The molecule has 2 N–H and O–H groups in total. The van der Waals surface area contributed by atoms with Gasteiger partial charge in [0, 0.05) is 51.7 Å². The zero-order valence-corrected chi connectivity index (χ0v) is 15.2. The normalized spacial score (nSPS) is 40.5. The first-order chi connectivity index (χ1) is 11.7. The molecule has 5 heteroatoms. The molecular weight excluding hydrogens is 300 g/mol. The number of nitrogens with zero attached hydrogens (tertiary/aromatic N) is 3. The van der Waals surface area contributed by atoms with Gasteiger partial charge in [-0.1, -0.05) is 12.8 Å². The minimum absolute atomic E-state index is 0.120. The zero-order chi connectivity index (χ0) is 16.5. The zero-order valence-electron chi connectivity index (χ0n) is 15.2. The van der Waals surface area contributed by atoms with Gasteiger partial charge in [-0.15, -0.1) is 0 Å². The minimum atomic E-state index is -0.120. The van der Waals surface area contributed by atoms with Crippen LogP contribution in [0.2, 0.25) is 0 Å². The van der Waals surface area contributed by atoms with Crippen LogP contribution in [0.4, 0.5) is 0 Å². The van der Waals surface area contributed by atoms with Crippen LogP contribution in [0.5, 0.6) is 0 Å². The lowest BCUT2D eigenvalue weighted by Gasteiger charge is -2.42. The van der Waals surface area contributed by atoms with Gasteiger partial charge in [0.25, 0.3) is 0 Å². The molecule has 0 aromatic rings. The maximum atomic E-state index is 9.99. The summed E-state index contributed by atoms with van der Waals surface area (Å²) in [6.45, 7) is 5.39. The van der Waals surface area contributed by atoms with Crippen molar-refractivity contribution in [2.45, 2.75) is 57.1 Å². The van der Waals surface area contributed by atoms with E-state index in [1.807, 2.05) is 7.05 Å². The monoisotopic (exact) mass is 334 g/mol. The molecule has 0 aromatic carbocycles. The van der Waals surface area contributed by atoms with E-state index in [1.54, 1.807) is 0 Å². The van der Waals surface area contributed by atoms with Gasteiger partial charge < -0.3 is 15.3 Å². The van der Waals surface area contributed by atoms with Crippen LogP contribution in [-0.2, 0) is 0 Å². The summed E-state index contributed by atoms with van der Waals surface area (Å²) in [6, 6.07) is 0.870. The van der Waals surface area contributed by atoms with Crippen molar-refractivity contribution in [3.05, 3.63) is 0 Å². The van der Waals surface area contributed by atoms with Crippen LogP contribution >= 0.6 is 0 Å². The molecule has 5 unspecified atom stereocenters. The Morgan fingerprint density at radius 3 is 2.50 bits per heavy atom. The summed E-state index contributed by atoms with van der Waals surface area (Å²) >= 11 is 0. The molecule has 5 atom stereocenters. The van der Waals surface area contributed by atoms with Crippen LogP contribution in [0, 0.1) is 17.8 Å². The molecule has 24 heavy (non-hydrogen) atoms. The Hall–Kier alpha value is -0.810. The van der Waals surface area contributed by atoms with Gasteiger partial charge in [0.05, 0.1) is 6.10 Å². The Bertz CT molecular complexity index is 460. The Balaban J connectivity index is 1.25. The minimum Gasteiger partial charge on any atom is -0.393 e. The maximum Gasteiger partial charge on any atom is 0.193 e. The van der Waals surface area contributed by atoms with E-state index in [-0.39, 0.29) is 6.10 Å². The number of aliphatic hydroxyl groups is 1. The van der Waals surface area contributed by atoms with Crippen LogP contribution in [0.15, 0.2) is 4.99 Å². The Morgan fingerprint density at radius 2 is 1.92 bits per heavy atom. The number of rotatable bonds is 3. The van der Waals surface area contributed by atoms with E-state index in [0.717, 1.165) is 62.7 Å². The summed E-state index contributed by atoms with van der Waals surface area (Å²) in [5, 5.41) is 13.5. The van der Waals surface area contributed by atoms with Gasteiger partial charge >= 0.3 is 0 Å². The van der Waals surface area contributed by atoms with Crippen LogP contribution in [-0.4, -0.2) is 72.8 Å². The van der Waals surface area contributed by atoms with E-state index in [9.17, 15) is 5.11 Å². The Morgan fingerprint density at radius 1 is 1.08 bits per heavy atom. The van der Waals surface area contributed by atoms with E-state index < -0.39 is 0 Å². The van der Waals surface area contributed by atoms with Gasteiger partial charge in [0.15, 0.2) is 5.96 Å². The second-order valence-corrected chi connectivity index (χ2v) is 8.45. The summed E-state index contributed by atoms with van der Waals surface area (Å²) in [7, 11) is 1.88. The van der Waals surface area contributed by atoms with Crippen molar-refractivity contribution in [1.82, 2.24) is 15.1 Å². The first-order valence-electron chi connectivity index (χ1n) is 10.1. The highest BCUT2D eigenvalue weighted by molar-refractivity contribution is 5.80. The molecule has 3 saturated carbocycles. The molecular formula is C19H34N4O. The van der Waals surface area contributed by atoms with Crippen molar-refractivity contribution in [1.29, 1.82) is 0 Å². The smallest absolute Gasteiger partial charge is 0.193 e. The van der Waals surface area contributed by atoms with Crippen LogP contribution in [0.3, 0.4) is 0 Å². The van der Waals surface area contributed by atoms with Crippen LogP contribution in [0.1, 0.15) is 44.9 Å². The lowest BCUT2D eigenvalue weighted by molar-refractivity contribution is 0.0951. The third kappa shape index (κ3) is 3.30. The average Bonchev–Trinajstić information content (AvgIpc) is 3.33. The number of hydrogen-bond donors (Lipinski definition) is 2. The molecule has 0 aromatic heterocycles. The number of guanidine groups is 1. The molecule has 4 aliphatic rings. The summed E-state index contributed by atoms with van der Waals surface area (Å²) in [4.78, 5) is 9.66. The van der Waals surface area contributed by atoms with Crippen molar-refractivity contribution < 1.29 is 5.11 Å². The predicted octanol–water partition coefficient (Wildman–Crippen LogP) is 1.53. The van der Waals surface area contributed by atoms with Crippen molar-refractivity contribution in [2.75, 3.05) is 39.8 Å². The first kappa shape index (κ1) is 16.6. The van der Waals surface area contributed by atoms with Gasteiger partial charge in [-0.25, -0.2) is 0 Å². The third-order valence-electron chi connectivity index (χ3n) is 7.14. The summed E-state index contributed by atoms with van der Waals surface area (Å²) in [5.74, 6) is 3.45. The molecule has 3 aliphatic carbocycles. The lowest BCUT2D eigenvalue weighted by atomic mass is 9.93. The first-order valence-corrected chi connectivity index (χ1v) is 10.1. The average molecular weight is 335 g/mol. The fourth-order valence-corrected chi connectivity index (χ4v) is 5.73. The van der Waals surface area contributed by atoms with Crippen molar-refractivity contribution in [2.24, 2.45) is 22.7 Å². The summed E-state index contributed by atoms with van der Waals surface area (Å²) < 4.78 is 0. The van der Waals surface area contributed by atoms with Crippen LogP contribution in [0.25, 0.3) is 0 Å². The SMILES string of the molecule is CN=C(NCC1CCCC1O)N1CCN(C2CC3CCC2C3)CC1. The fraction of sp³-hybridized carbons (Fsp3) is 0.947. The number of fused-ring (bicyclic) bond motifs is 2. The predicted molar refractivity (Wildman–Crippen MR) is 97.1 cm³/mol. The van der Waals surface area contributed by atoms with Crippen molar-refractivity contribution in [3.63, 3.8) is 0 Å². The standard InChI is InChI=1S/C19H34N4O/c1-20-19(21-13-16-3-2-4-18(16)24)23-9-7-22(8-10-23)17-12-14-5-6-15(17)11-14/h14-18,24H,2-13H2,1H3,(H,20,21). The van der Waals surface area contributed by atoms with Gasteiger partial charge in [0.1, 0.15) is 0 Å². The third-order valence-corrected chi connectivity index (χ3v) is 7.14. The van der Waals surface area contributed by atoms with Gasteiger partial charge in [-0.3, -0.25) is 9.89 Å². The van der Waals surface area contributed by atoms with E-state index >= 15 is 0 Å². The largest absolute Gasteiger partial charge is 0.393 e. The second-order valence-electron chi connectivity index (χ2n) is 8.45. The number of hydrogen-bond acceptors (Lipinski definition) is 3. The topological polar surface area (TPSA) is 51.1 Å². The molecule has 1 saturated heterocycles. The highest BCUT2D eigenvalue weighted by Gasteiger charge is 2.42. The molecule has 5 nitrogen and oxygen atoms in total. The Labute approximate surface area is 146 Å². The number of piperazine rings is 1. The summed E-state index contributed by atoms with van der Waals surface area (Å²) in [5.41, 5.74) is 0. The van der Waals surface area contributed by atoms with Gasteiger partial charge in [-0.2, -0.15) is 0 Å². The number of aliphatic imine (C=N–C) groups is 1. The molecule has 1 aliphatic heterocycles. The molecule has 0 radical (unpaired) electrons. The maximum absolute atomic E-state index is 9.99. The lowest BCUT2D eigenvalue weighted by Crippen LogP contribution is -2.56. The molecule has 4 rings (SSSR count). The molecule has 1 heterocycles. The quantitative estimate of drug-likeness (QED) is 0.607. The molecule has 4 fully saturated rings. The Kier molecular flexibility index (Phi) is 5.00. The van der Waals surface area contributed by atoms with E-state index in [2.05, 4.69) is 20.1 Å². The second kappa shape index (κ2) is 7.20. The van der Waals surface area contributed by atoms with Gasteiger partial charge in [0.2, 0.25) is 0 Å². The molecule has 0 amide bonds. The highest BCUT2D eigenvalue weighted by atomic mass is 16.3. The number of aliphatic hydroxyl groups excluding tert-OH is 1. The summed E-state index contributed by atoms with van der Waals surface area (Å²) in [6.07, 6.45) is 9.07. The highest BCUT2D eigenvalue weighted by Crippen LogP contribution is 2.46. The van der Waals surface area contributed by atoms with E-state index in [4.69, 9.17) is 0 Å². The van der Waals surface area contributed by atoms with Gasteiger partial charge in [-0.05, 0) is 43.9 Å². The van der Waals surface area contributed by atoms with Crippen molar-refractivity contribution in [3.8, 4) is 0 Å². The fourth-order valence-electron chi connectivity index (χ4n) is 5.73. The number of nitrogens with one attached hydrogen (secondary N) is 1.